The Morgan fingerprint density at radius 2 is 1.82 bits per heavy atom. The van der Waals surface area contributed by atoms with Gasteiger partial charge in [-0.15, -0.1) is 0 Å². The second-order valence-corrected chi connectivity index (χ2v) is 5.21. The Morgan fingerprint density at radius 3 is 2.64 bits per heavy atom. The quantitative estimate of drug-likeness (QED) is 0.742. The molecule has 0 N–H and O–H groups in total. The first-order valence-electron chi connectivity index (χ1n) is 7.24. The van der Waals surface area contributed by atoms with Gasteiger partial charge in [-0.2, -0.15) is 0 Å². The van der Waals surface area contributed by atoms with Gasteiger partial charge in [0.25, 0.3) is 5.91 Å². The Morgan fingerprint density at radius 1 is 1.05 bits per heavy atom. The number of likely N-dealkylation sites (N-methyl/N-ethyl adjacent to an activating group) is 1. The number of nitrogens with zero attached hydrogens (tertiary/aromatic N) is 3. The number of carbonyl (C=O) groups is 1. The minimum atomic E-state index is -0.0501. The van der Waals surface area contributed by atoms with Crippen LogP contribution in [-0.4, -0.2) is 34.4 Å². The summed E-state index contributed by atoms with van der Waals surface area (Å²) in [6.07, 6.45) is 6.02. The molecular formula is C18H17N3O. The van der Waals surface area contributed by atoms with Crippen molar-refractivity contribution in [1.29, 1.82) is 0 Å². The molecule has 1 amide bonds. The zero-order valence-corrected chi connectivity index (χ0v) is 12.4. The van der Waals surface area contributed by atoms with Crippen molar-refractivity contribution in [3.63, 3.8) is 0 Å². The van der Waals surface area contributed by atoms with Crippen LogP contribution in [0.5, 0.6) is 0 Å². The van der Waals surface area contributed by atoms with Gasteiger partial charge in [0.1, 0.15) is 5.69 Å². The van der Waals surface area contributed by atoms with E-state index in [1.54, 1.807) is 23.5 Å². The van der Waals surface area contributed by atoms with E-state index in [0.29, 0.717) is 12.2 Å². The fourth-order valence-electron chi connectivity index (χ4n) is 2.42. The fourth-order valence-corrected chi connectivity index (χ4v) is 2.42. The zero-order valence-electron chi connectivity index (χ0n) is 12.4. The molecule has 22 heavy (non-hydrogen) atoms. The molecule has 4 nitrogen and oxygen atoms in total. The number of aromatic nitrogens is 2. The van der Waals surface area contributed by atoms with Gasteiger partial charge in [-0.05, 0) is 35.6 Å². The van der Waals surface area contributed by atoms with Crippen LogP contribution in [0.3, 0.4) is 0 Å². The lowest BCUT2D eigenvalue weighted by Crippen LogP contribution is -2.29. The minimum Gasteiger partial charge on any atom is -0.340 e. The third kappa shape index (κ3) is 2.96. The van der Waals surface area contributed by atoms with Crippen molar-refractivity contribution >= 4 is 16.7 Å². The Labute approximate surface area is 129 Å². The second-order valence-electron chi connectivity index (χ2n) is 5.21. The lowest BCUT2D eigenvalue weighted by atomic mass is 10.1. The van der Waals surface area contributed by atoms with Crippen molar-refractivity contribution < 1.29 is 4.79 Å². The van der Waals surface area contributed by atoms with E-state index in [4.69, 9.17) is 0 Å². The number of pyridine rings is 2. The fraction of sp³-hybridized carbons (Fsp3) is 0.167. The number of benzene rings is 1. The van der Waals surface area contributed by atoms with E-state index in [1.165, 1.54) is 5.56 Å². The summed E-state index contributed by atoms with van der Waals surface area (Å²) >= 11 is 0. The van der Waals surface area contributed by atoms with Gasteiger partial charge in [0.2, 0.25) is 0 Å². The van der Waals surface area contributed by atoms with Crippen molar-refractivity contribution in [2.24, 2.45) is 0 Å². The van der Waals surface area contributed by atoms with E-state index in [-0.39, 0.29) is 5.91 Å². The Bertz CT molecular complexity index is 781. The first kappa shape index (κ1) is 14.2. The highest BCUT2D eigenvalue weighted by atomic mass is 16.2. The maximum atomic E-state index is 12.6. The van der Waals surface area contributed by atoms with Crippen LogP contribution in [0.25, 0.3) is 10.8 Å². The van der Waals surface area contributed by atoms with E-state index in [2.05, 4.69) is 9.97 Å². The van der Waals surface area contributed by atoms with Crippen molar-refractivity contribution in [3.05, 3.63) is 72.3 Å². The maximum Gasteiger partial charge on any atom is 0.272 e. The van der Waals surface area contributed by atoms with Crippen LogP contribution in [0.4, 0.5) is 0 Å². The molecule has 110 valence electrons. The monoisotopic (exact) mass is 291 g/mol. The van der Waals surface area contributed by atoms with Crippen molar-refractivity contribution in [2.75, 3.05) is 13.6 Å². The minimum absolute atomic E-state index is 0.0501. The molecule has 0 bridgehead atoms. The van der Waals surface area contributed by atoms with Crippen LogP contribution < -0.4 is 0 Å². The van der Waals surface area contributed by atoms with E-state index in [0.717, 1.165) is 17.2 Å². The molecule has 0 unspecified atom stereocenters. The smallest absolute Gasteiger partial charge is 0.272 e. The molecule has 0 spiro atoms. The van der Waals surface area contributed by atoms with E-state index in [9.17, 15) is 4.79 Å². The molecule has 4 heteroatoms. The van der Waals surface area contributed by atoms with Crippen LogP contribution in [0.2, 0.25) is 0 Å². The molecule has 1 aromatic carbocycles. The standard InChI is InChI=1S/C18H17N3O/c1-21(13-9-14-6-10-19-11-7-14)18(22)17-16-5-3-2-4-15(16)8-12-20-17/h2-8,10-12H,9,13H2,1H3. The largest absolute Gasteiger partial charge is 0.340 e. The molecule has 3 rings (SSSR count). The van der Waals surface area contributed by atoms with Gasteiger partial charge in [-0.25, -0.2) is 0 Å². The predicted molar refractivity (Wildman–Crippen MR) is 86.6 cm³/mol. The van der Waals surface area contributed by atoms with Crippen LogP contribution >= 0.6 is 0 Å². The van der Waals surface area contributed by atoms with Crippen molar-refractivity contribution in [1.82, 2.24) is 14.9 Å². The number of carbonyl (C=O) groups excluding carboxylic acids is 1. The molecule has 0 aliphatic rings. The SMILES string of the molecule is CN(CCc1ccncc1)C(=O)c1nccc2ccccc12. The Balaban J connectivity index is 1.77. The van der Waals surface area contributed by atoms with Gasteiger partial charge in [0.05, 0.1) is 0 Å². The highest BCUT2D eigenvalue weighted by Crippen LogP contribution is 2.17. The number of hydrogen-bond donors (Lipinski definition) is 0. The summed E-state index contributed by atoms with van der Waals surface area (Å²) in [6, 6.07) is 13.7. The number of hydrogen-bond acceptors (Lipinski definition) is 3. The molecule has 0 saturated heterocycles. The molecule has 0 radical (unpaired) electrons. The average molecular weight is 291 g/mol. The van der Waals surface area contributed by atoms with Crippen LogP contribution in [0, 0.1) is 0 Å². The molecule has 0 fully saturated rings. The van der Waals surface area contributed by atoms with Gasteiger partial charge in [-0.3, -0.25) is 14.8 Å². The zero-order chi connectivity index (χ0) is 15.4. The average Bonchev–Trinajstić information content (AvgIpc) is 2.59. The van der Waals surface area contributed by atoms with E-state index >= 15 is 0 Å². The second kappa shape index (κ2) is 6.35. The van der Waals surface area contributed by atoms with Gasteiger partial charge in [0.15, 0.2) is 0 Å². The lowest BCUT2D eigenvalue weighted by Gasteiger charge is -2.17. The van der Waals surface area contributed by atoms with Gasteiger partial charge in [0, 0.05) is 37.6 Å². The normalized spacial score (nSPS) is 10.6. The molecule has 2 aromatic heterocycles. The summed E-state index contributed by atoms with van der Waals surface area (Å²) in [6.45, 7) is 0.647. The van der Waals surface area contributed by atoms with Crippen LogP contribution in [0.15, 0.2) is 61.1 Å². The highest BCUT2D eigenvalue weighted by molar-refractivity contribution is 6.05. The van der Waals surface area contributed by atoms with E-state index in [1.807, 2.05) is 49.5 Å². The summed E-state index contributed by atoms with van der Waals surface area (Å²) < 4.78 is 0. The summed E-state index contributed by atoms with van der Waals surface area (Å²) in [5, 5.41) is 1.93. The van der Waals surface area contributed by atoms with Gasteiger partial charge >= 0.3 is 0 Å². The Kier molecular flexibility index (Phi) is 4.10. The summed E-state index contributed by atoms with van der Waals surface area (Å²) in [5.74, 6) is -0.0501. The third-order valence-corrected chi connectivity index (χ3v) is 3.71. The molecule has 0 atom stereocenters. The van der Waals surface area contributed by atoms with Gasteiger partial charge in [-0.1, -0.05) is 24.3 Å². The predicted octanol–water partition coefficient (Wildman–Crippen LogP) is 2.94. The van der Waals surface area contributed by atoms with Gasteiger partial charge < -0.3 is 4.90 Å². The van der Waals surface area contributed by atoms with Crippen molar-refractivity contribution in [2.45, 2.75) is 6.42 Å². The molecule has 0 aliphatic heterocycles. The number of fused-ring (bicyclic) bond motifs is 1. The van der Waals surface area contributed by atoms with E-state index < -0.39 is 0 Å². The molecule has 0 saturated carbocycles. The Hall–Kier alpha value is -2.75. The number of amides is 1. The summed E-state index contributed by atoms with van der Waals surface area (Å²) in [4.78, 5) is 22.6. The van der Waals surface area contributed by atoms with Crippen molar-refractivity contribution in [3.8, 4) is 0 Å². The lowest BCUT2D eigenvalue weighted by molar-refractivity contribution is 0.0793. The topological polar surface area (TPSA) is 46.1 Å². The van der Waals surface area contributed by atoms with Crippen LogP contribution in [0.1, 0.15) is 16.1 Å². The highest BCUT2D eigenvalue weighted by Gasteiger charge is 2.15. The first-order chi connectivity index (χ1) is 10.8. The van der Waals surface area contributed by atoms with Crippen LogP contribution in [-0.2, 0) is 6.42 Å². The third-order valence-electron chi connectivity index (χ3n) is 3.71. The molecule has 3 aromatic rings. The maximum absolute atomic E-state index is 12.6. The number of rotatable bonds is 4. The molecular weight excluding hydrogens is 274 g/mol. The first-order valence-corrected chi connectivity index (χ1v) is 7.24. The molecule has 2 heterocycles. The molecule has 0 aliphatic carbocycles. The summed E-state index contributed by atoms with van der Waals surface area (Å²) in [7, 11) is 1.81. The summed E-state index contributed by atoms with van der Waals surface area (Å²) in [5.41, 5.74) is 1.68.